The Hall–Kier alpha value is -2.51. The largest absolute Gasteiger partial charge is 0.480 e. The Kier molecular flexibility index (Phi) is 6.62. The molecule has 0 heterocycles. The molecule has 1 aromatic carbocycles. The third-order valence-electron chi connectivity index (χ3n) is 2.94. The molecule has 0 radical (unpaired) electrons. The smallest absolute Gasteiger partial charge is 0.326 e. The molecule has 8 heteroatoms. The summed E-state index contributed by atoms with van der Waals surface area (Å²) in [7, 11) is 0. The van der Waals surface area contributed by atoms with Crippen LogP contribution in [0.1, 0.15) is 30.6 Å². The molecule has 0 aromatic heterocycles. The van der Waals surface area contributed by atoms with Crippen LogP contribution in [0.2, 0.25) is 0 Å². The molecular weight excluding hydrogens is 310 g/mol. The van der Waals surface area contributed by atoms with E-state index in [0.717, 1.165) is 18.2 Å². The number of hydrogen-bond donors (Lipinski definition) is 3. The molecule has 0 spiro atoms. The van der Waals surface area contributed by atoms with Gasteiger partial charge in [-0.3, -0.25) is 9.59 Å². The molecule has 0 fully saturated rings. The van der Waals surface area contributed by atoms with E-state index in [1.165, 1.54) is 0 Å². The molecule has 6 nitrogen and oxygen atoms in total. The first-order chi connectivity index (χ1) is 10.7. The predicted octanol–water partition coefficient (Wildman–Crippen LogP) is 1.31. The van der Waals surface area contributed by atoms with Crippen molar-refractivity contribution in [2.45, 2.75) is 26.3 Å². The minimum Gasteiger partial charge on any atom is -0.480 e. The number of carbonyl (C=O) groups excluding carboxylic acids is 2. The molecule has 0 unspecified atom stereocenters. The highest BCUT2D eigenvalue weighted by atomic mass is 19.1. The highest BCUT2D eigenvalue weighted by Crippen LogP contribution is 2.11. The summed E-state index contributed by atoms with van der Waals surface area (Å²) in [5.74, 6) is -5.11. The Morgan fingerprint density at radius 3 is 2.22 bits per heavy atom. The van der Waals surface area contributed by atoms with Crippen molar-refractivity contribution in [1.82, 2.24) is 10.6 Å². The molecule has 0 saturated heterocycles. The number of aliphatic carboxylic acids is 1. The summed E-state index contributed by atoms with van der Waals surface area (Å²) in [5.41, 5.74) is -0.794. The number of halogens is 2. The van der Waals surface area contributed by atoms with Crippen LogP contribution in [0.5, 0.6) is 0 Å². The molecule has 1 atom stereocenters. The Morgan fingerprint density at radius 1 is 1.17 bits per heavy atom. The molecule has 2 amide bonds. The quantitative estimate of drug-likeness (QED) is 0.703. The average Bonchev–Trinajstić information content (AvgIpc) is 2.43. The molecule has 1 aromatic rings. The maximum Gasteiger partial charge on any atom is 0.326 e. The van der Waals surface area contributed by atoms with Crippen LogP contribution in [0.4, 0.5) is 8.78 Å². The molecule has 1 rings (SSSR count). The van der Waals surface area contributed by atoms with E-state index in [0.29, 0.717) is 0 Å². The van der Waals surface area contributed by atoms with Crippen molar-refractivity contribution >= 4 is 17.8 Å². The molecule has 23 heavy (non-hydrogen) atoms. The topological polar surface area (TPSA) is 95.5 Å². The standard InChI is InChI=1S/C15H18F2N2O4/c1-8(2)6-11(15(22)23)19-12(20)7-18-14(21)13-9(16)4-3-5-10(13)17/h3-5,8,11H,6-7H2,1-2H3,(H,18,21)(H,19,20)(H,22,23)/t11-/m0/s1. The van der Waals surface area contributed by atoms with Crippen molar-refractivity contribution in [2.75, 3.05) is 6.54 Å². The van der Waals surface area contributed by atoms with Gasteiger partial charge in [0.2, 0.25) is 5.91 Å². The number of carboxylic acid groups (broad SMARTS) is 1. The molecule has 126 valence electrons. The Balaban J connectivity index is 2.62. The Morgan fingerprint density at radius 2 is 1.74 bits per heavy atom. The van der Waals surface area contributed by atoms with Gasteiger partial charge in [-0.15, -0.1) is 0 Å². The van der Waals surface area contributed by atoms with Crippen LogP contribution in [-0.4, -0.2) is 35.5 Å². The Labute approximate surface area is 131 Å². The van der Waals surface area contributed by atoms with Gasteiger partial charge < -0.3 is 15.7 Å². The van der Waals surface area contributed by atoms with Crippen molar-refractivity contribution < 1.29 is 28.3 Å². The summed E-state index contributed by atoms with van der Waals surface area (Å²) in [6.45, 7) is 3.00. The van der Waals surface area contributed by atoms with E-state index in [9.17, 15) is 23.2 Å². The van der Waals surface area contributed by atoms with Crippen LogP contribution in [0.3, 0.4) is 0 Å². The fraction of sp³-hybridized carbons (Fsp3) is 0.400. The van der Waals surface area contributed by atoms with Gasteiger partial charge in [0.05, 0.1) is 6.54 Å². The first-order valence-electron chi connectivity index (χ1n) is 6.96. The lowest BCUT2D eigenvalue weighted by Crippen LogP contribution is -2.46. The second-order valence-electron chi connectivity index (χ2n) is 5.37. The monoisotopic (exact) mass is 328 g/mol. The number of carbonyl (C=O) groups is 3. The van der Waals surface area contributed by atoms with E-state index < -0.39 is 47.6 Å². The van der Waals surface area contributed by atoms with Crippen molar-refractivity contribution in [1.29, 1.82) is 0 Å². The van der Waals surface area contributed by atoms with Crippen molar-refractivity contribution in [3.05, 3.63) is 35.4 Å². The van der Waals surface area contributed by atoms with Crippen LogP contribution in [0.25, 0.3) is 0 Å². The fourth-order valence-electron chi connectivity index (χ4n) is 1.90. The molecule has 0 saturated carbocycles. The van der Waals surface area contributed by atoms with Crippen molar-refractivity contribution in [3.8, 4) is 0 Å². The lowest BCUT2D eigenvalue weighted by atomic mass is 10.0. The first kappa shape index (κ1) is 18.5. The SMILES string of the molecule is CC(C)C[C@H](NC(=O)CNC(=O)c1c(F)cccc1F)C(=O)O. The first-order valence-corrected chi connectivity index (χ1v) is 6.96. The minimum atomic E-state index is -1.20. The fourth-order valence-corrected chi connectivity index (χ4v) is 1.90. The normalized spacial score (nSPS) is 11.9. The molecule has 0 aliphatic rings. The summed E-state index contributed by atoms with van der Waals surface area (Å²) in [6.07, 6.45) is 0.219. The van der Waals surface area contributed by atoms with E-state index in [1.807, 2.05) is 0 Å². The second kappa shape index (κ2) is 8.21. The summed E-state index contributed by atoms with van der Waals surface area (Å²) in [4.78, 5) is 34.4. The molecule has 0 aliphatic carbocycles. The molecular formula is C15H18F2N2O4. The van der Waals surface area contributed by atoms with Gasteiger partial charge in [-0.1, -0.05) is 19.9 Å². The van der Waals surface area contributed by atoms with Gasteiger partial charge in [-0.25, -0.2) is 13.6 Å². The van der Waals surface area contributed by atoms with Gasteiger partial charge in [0.25, 0.3) is 5.91 Å². The second-order valence-corrected chi connectivity index (χ2v) is 5.37. The lowest BCUT2D eigenvalue weighted by molar-refractivity contribution is -0.142. The van der Waals surface area contributed by atoms with Crippen LogP contribution < -0.4 is 10.6 Å². The zero-order chi connectivity index (χ0) is 17.6. The number of carboxylic acids is 1. The number of amides is 2. The van der Waals surface area contributed by atoms with Gasteiger partial charge >= 0.3 is 5.97 Å². The summed E-state index contributed by atoms with van der Waals surface area (Å²) >= 11 is 0. The average molecular weight is 328 g/mol. The molecule has 0 aliphatic heterocycles. The summed E-state index contributed by atoms with van der Waals surface area (Å²) in [6, 6.07) is 1.85. The molecule has 3 N–H and O–H groups in total. The van der Waals surface area contributed by atoms with E-state index >= 15 is 0 Å². The van der Waals surface area contributed by atoms with E-state index in [1.54, 1.807) is 13.8 Å². The predicted molar refractivity (Wildman–Crippen MR) is 77.7 cm³/mol. The van der Waals surface area contributed by atoms with Gasteiger partial charge in [0, 0.05) is 0 Å². The van der Waals surface area contributed by atoms with Crippen LogP contribution >= 0.6 is 0 Å². The van der Waals surface area contributed by atoms with E-state index in [2.05, 4.69) is 10.6 Å². The van der Waals surface area contributed by atoms with Crippen LogP contribution in [0.15, 0.2) is 18.2 Å². The van der Waals surface area contributed by atoms with Gasteiger partial charge in [-0.2, -0.15) is 0 Å². The van der Waals surface area contributed by atoms with E-state index in [-0.39, 0.29) is 12.3 Å². The highest BCUT2D eigenvalue weighted by Gasteiger charge is 2.22. The summed E-state index contributed by atoms with van der Waals surface area (Å²) in [5, 5.41) is 13.3. The van der Waals surface area contributed by atoms with Gasteiger partial charge in [0.15, 0.2) is 0 Å². The number of nitrogens with one attached hydrogen (secondary N) is 2. The summed E-state index contributed by atoms with van der Waals surface area (Å²) < 4.78 is 26.8. The zero-order valence-electron chi connectivity index (χ0n) is 12.7. The number of hydrogen-bond acceptors (Lipinski definition) is 3. The number of rotatable bonds is 7. The van der Waals surface area contributed by atoms with Crippen molar-refractivity contribution in [3.63, 3.8) is 0 Å². The number of benzene rings is 1. The third-order valence-corrected chi connectivity index (χ3v) is 2.94. The maximum atomic E-state index is 13.4. The van der Waals surface area contributed by atoms with Gasteiger partial charge in [-0.05, 0) is 24.5 Å². The third kappa shape index (κ3) is 5.65. The molecule has 0 bridgehead atoms. The van der Waals surface area contributed by atoms with Crippen LogP contribution in [0, 0.1) is 17.6 Å². The lowest BCUT2D eigenvalue weighted by Gasteiger charge is -2.16. The minimum absolute atomic E-state index is 0.0403. The van der Waals surface area contributed by atoms with Crippen LogP contribution in [-0.2, 0) is 9.59 Å². The highest BCUT2D eigenvalue weighted by molar-refractivity contribution is 5.97. The Bertz CT molecular complexity index is 585. The zero-order valence-corrected chi connectivity index (χ0v) is 12.7. The van der Waals surface area contributed by atoms with E-state index in [4.69, 9.17) is 5.11 Å². The van der Waals surface area contributed by atoms with Gasteiger partial charge in [0.1, 0.15) is 23.2 Å². The van der Waals surface area contributed by atoms with Crippen molar-refractivity contribution in [2.24, 2.45) is 5.92 Å². The maximum absolute atomic E-state index is 13.4.